The summed E-state index contributed by atoms with van der Waals surface area (Å²) in [6.45, 7) is 0. The molecule has 0 bridgehead atoms. The van der Waals surface area contributed by atoms with Gasteiger partial charge in [0.2, 0.25) is 5.78 Å². The minimum Gasteiger partial charge on any atom is -0.360 e. The minimum atomic E-state index is -0.128. The summed E-state index contributed by atoms with van der Waals surface area (Å²) in [5.74, 6) is 0.201. The van der Waals surface area contributed by atoms with Crippen LogP contribution in [0.5, 0.6) is 0 Å². The Balaban J connectivity index is 1.56. The first-order chi connectivity index (χ1) is 12.7. The first kappa shape index (κ1) is 15.2. The van der Waals surface area contributed by atoms with Gasteiger partial charge in [0.1, 0.15) is 0 Å². The third-order valence-electron chi connectivity index (χ3n) is 4.55. The fourth-order valence-electron chi connectivity index (χ4n) is 3.27. The van der Waals surface area contributed by atoms with Gasteiger partial charge in [0, 0.05) is 50.4 Å². The summed E-state index contributed by atoms with van der Waals surface area (Å²) in [6.07, 6.45) is 5.42. The van der Waals surface area contributed by atoms with Crippen LogP contribution in [0.2, 0.25) is 0 Å². The predicted octanol–water partition coefficient (Wildman–Crippen LogP) is 5.03. The lowest BCUT2D eigenvalue weighted by atomic mass is 10.1. The van der Waals surface area contributed by atoms with Crippen molar-refractivity contribution in [3.05, 3.63) is 76.9 Å². The monoisotopic (exact) mass is 404 g/mol. The van der Waals surface area contributed by atoms with Gasteiger partial charge in [-0.15, -0.1) is 0 Å². The van der Waals surface area contributed by atoms with E-state index in [2.05, 4.69) is 35.9 Å². The van der Waals surface area contributed by atoms with E-state index in [0.717, 1.165) is 37.5 Å². The van der Waals surface area contributed by atoms with Gasteiger partial charge in [-0.05, 0) is 18.2 Å². The smallest absolute Gasteiger partial charge is 0.230 e. The number of carbonyl (C=O) groups is 1. The second-order valence-corrected chi connectivity index (χ2v) is 7.02. The summed E-state index contributed by atoms with van der Waals surface area (Å²) in [4.78, 5) is 26.8. The summed E-state index contributed by atoms with van der Waals surface area (Å²) in [7, 11) is 0. The van der Waals surface area contributed by atoms with Gasteiger partial charge < -0.3 is 15.0 Å². The van der Waals surface area contributed by atoms with Crippen molar-refractivity contribution in [1.29, 1.82) is 0 Å². The van der Waals surface area contributed by atoms with Crippen LogP contribution in [0.1, 0.15) is 16.2 Å². The summed E-state index contributed by atoms with van der Waals surface area (Å²) in [5, 5.41) is 1.96. The Kier molecular flexibility index (Phi) is 3.33. The van der Waals surface area contributed by atoms with Crippen molar-refractivity contribution >= 4 is 43.5 Å². The Hall–Kier alpha value is -3.12. The SMILES string of the molecule is O=C(c1nc(-c2c[nH]c3cc(Br)ccc23)c[nH]1)c1c[nH]c2ccccc12. The summed E-state index contributed by atoms with van der Waals surface area (Å²) in [6, 6.07) is 13.8. The Labute approximate surface area is 156 Å². The Bertz CT molecular complexity index is 1280. The van der Waals surface area contributed by atoms with Gasteiger partial charge in [0.15, 0.2) is 5.82 Å². The zero-order valence-corrected chi connectivity index (χ0v) is 15.1. The fourth-order valence-corrected chi connectivity index (χ4v) is 3.63. The number of para-hydroxylation sites is 1. The van der Waals surface area contributed by atoms with Crippen LogP contribution in [-0.4, -0.2) is 25.7 Å². The molecular weight excluding hydrogens is 392 g/mol. The highest BCUT2D eigenvalue weighted by atomic mass is 79.9. The third kappa shape index (κ3) is 2.30. The van der Waals surface area contributed by atoms with Crippen molar-refractivity contribution in [2.24, 2.45) is 0 Å². The average Bonchev–Trinajstić information content (AvgIpc) is 3.38. The largest absolute Gasteiger partial charge is 0.360 e. The lowest BCUT2D eigenvalue weighted by molar-refractivity contribution is 0.103. The summed E-state index contributed by atoms with van der Waals surface area (Å²) >= 11 is 3.47. The van der Waals surface area contributed by atoms with Crippen LogP contribution in [0.15, 0.2) is 65.5 Å². The van der Waals surface area contributed by atoms with E-state index >= 15 is 0 Å². The van der Waals surface area contributed by atoms with Crippen molar-refractivity contribution in [2.45, 2.75) is 0 Å². The molecule has 3 heterocycles. The molecule has 26 heavy (non-hydrogen) atoms. The first-order valence-corrected chi connectivity index (χ1v) is 8.93. The molecule has 0 spiro atoms. The molecular formula is C20H13BrN4O. The van der Waals surface area contributed by atoms with E-state index in [4.69, 9.17) is 0 Å². The molecule has 126 valence electrons. The maximum atomic E-state index is 12.9. The molecule has 0 fully saturated rings. The number of aromatic amines is 3. The molecule has 0 saturated heterocycles. The van der Waals surface area contributed by atoms with Crippen molar-refractivity contribution in [1.82, 2.24) is 19.9 Å². The summed E-state index contributed by atoms with van der Waals surface area (Å²) < 4.78 is 1.01. The van der Waals surface area contributed by atoms with Crippen LogP contribution in [0.3, 0.4) is 0 Å². The summed E-state index contributed by atoms with van der Waals surface area (Å²) in [5.41, 5.74) is 4.26. The van der Waals surface area contributed by atoms with Crippen molar-refractivity contribution < 1.29 is 4.79 Å². The Morgan fingerprint density at radius 2 is 1.73 bits per heavy atom. The van der Waals surface area contributed by atoms with E-state index in [0.29, 0.717) is 11.4 Å². The number of benzene rings is 2. The van der Waals surface area contributed by atoms with Gasteiger partial charge in [-0.2, -0.15) is 0 Å². The molecule has 5 nitrogen and oxygen atoms in total. The van der Waals surface area contributed by atoms with Crippen LogP contribution in [0.4, 0.5) is 0 Å². The lowest BCUT2D eigenvalue weighted by Crippen LogP contribution is -2.02. The van der Waals surface area contributed by atoms with Gasteiger partial charge in [-0.3, -0.25) is 4.79 Å². The van der Waals surface area contributed by atoms with E-state index in [1.807, 2.05) is 48.7 Å². The number of hydrogen-bond acceptors (Lipinski definition) is 2. The molecule has 5 rings (SSSR count). The molecule has 0 saturated carbocycles. The fraction of sp³-hybridized carbons (Fsp3) is 0. The van der Waals surface area contributed by atoms with Crippen LogP contribution < -0.4 is 0 Å². The minimum absolute atomic E-state index is 0.128. The van der Waals surface area contributed by atoms with E-state index in [1.165, 1.54) is 0 Å². The number of nitrogens with one attached hydrogen (secondary N) is 3. The maximum absolute atomic E-state index is 12.9. The molecule has 0 radical (unpaired) electrons. The second-order valence-electron chi connectivity index (χ2n) is 6.10. The predicted molar refractivity (Wildman–Crippen MR) is 105 cm³/mol. The number of aromatic nitrogens is 4. The number of rotatable bonds is 3. The highest BCUT2D eigenvalue weighted by Crippen LogP contribution is 2.29. The molecule has 2 aromatic carbocycles. The number of hydrogen-bond donors (Lipinski definition) is 3. The second kappa shape index (κ2) is 5.71. The number of ketones is 1. The highest BCUT2D eigenvalue weighted by molar-refractivity contribution is 9.10. The molecule has 0 unspecified atom stereocenters. The number of imidazole rings is 1. The molecule has 3 aromatic heterocycles. The number of fused-ring (bicyclic) bond motifs is 2. The van der Waals surface area contributed by atoms with Gasteiger partial charge in [-0.25, -0.2) is 4.98 Å². The van der Waals surface area contributed by atoms with Gasteiger partial charge in [-0.1, -0.05) is 40.2 Å². The molecule has 6 heteroatoms. The van der Waals surface area contributed by atoms with E-state index < -0.39 is 0 Å². The van der Waals surface area contributed by atoms with Crippen LogP contribution in [-0.2, 0) is 0 Å². The van der Waals surface area contributed by atoms with Crippen molar-refractivity contribution in [3.8, 4) is 11.3 Å². The normalized spacial score (nSPS) is 11.4. The third-order valence-corrected chi connectivity index (χ3v) is 5.04. The van der Waals surface area contributed by atoms with Gasteiger partial charge in [0.05, 0.1) is 11.3 Å². The van der Waals surface area contributed by atoms with E-state index in [1.54, 1.807) is 12.4 Å². The molecule has 5 aromatic rings. The zero-order chi connectivity index (χ0) is 17.7. The molecule has 3 N–H and O–H groups in total. The maximum Gasteiger partial charge on any atom is 0.230 e. The number of halogens is 1. The highest BCUT2D eigenvalue weighted by Gasteiger charge is 2.18. The number of H-pyrrole nitrogens is 3. The molecule has 0 aliphatic heterocycles. The molecule has 0 atom stereocenters. The van der Waals surface area contributed by atoms with Crippen LogP contribution in [0, 0.1) is 0 Å². The molecule has 0 aliphatic carbocycles. The number of carbonyl (C=O) groups excluding carboxylic acids is 1. The van der Waals surface area contributed by atoms with Gasteiger partial charge in [0.25, 0.3) is 0 Å². The number of nitrogens with zero attached hydrogens (tertiary/aromatic N) is 1. The molecule has 0 amide bonds. The standard InChI is InChI=1S/C20H13BrN4O/c21-11-5-6-13-14(8-23-17(13)7-11)18-10-24-20(25-18)19(26)15-9-22-16-4-2-1-3-12(15)16/h1-10,22-23H,(H,24,25). The molecule has 0 aliphatic rings. The van der Waals surface area contributed by atoms with Crippen LogP contribution in [0.25, 0.3) is 33.1 Å². The average molecular weight is 405 g/mol. The van der Waals surface area contributed by atoms with E-state index in [9.17, 15) is 4.79 Å². The van der Waals surface area contributed by atoms with E-state index in [-0.39, 0.29) is 5.78 Å². The topological polar surface area (TPSA) is 77.3 Å². The quantitative estimate of drug-likeness (QED) is 0.368. The van der Waals surface area contributed by atoms with Crippen molar-refractivity contribution in [2.75, 3.05) is 0 Å². The Morgan fingerprint density at radius 1 is 0.885 bits per heavy atom. The lowest BCUT2D eigenvalue weighted by Gasteiger charge is -1.96. The Morgan fingerprint density at radius 3 is 2.65 bits per heavy atom. The van der Waals surface area contributed by atoms with Gasteiger partial charge >= 0.3 is 0 Å². The first-order valence-electron chi connectivity index (χ1n) is 8.14. The zero-order valence-electron chi connectivity index (χ0n) is 13.5. The van der Waals surface area contributed by atoms with Crippen molar-refractivity contribution in [3.63, 3.8) is 0 Å². The van der Waals surface area contributed by atoms with Crippen LogP contribution >= 0.6 is 15.9 Å².